The summed E-state index contributed by atoms with van der Waals surface area (Å²) in [6.45, 7) is 0. The van der Waals surface area contributed by atoms with Gasteiger partial charge in [0.2, 0.25) is 0 Å². The Morgan fingerprint density at radius 1 is 1.17 bits per heavy atom. The van der Waals surface area contributed by atoms with Crippen molar-refractivity contribution in [3.8, 4) is 17.2 Å². The van der Waals surface area contributed by atoms with Gasteiger partial charge in [-0.05, 0) is 34.1 Å². The van der Waals surface area contributed by atoms with Crippen LogP contribution in [-0.2, 0) is 0 Å². The number of aromatic hydroxyl groups is 1. The number of para-hydroxylation sites is 2. The van der Waals surface area contributed by atoms with Crippen LogP contribution in [0, 0.1) is 10.1 Å². The quantitative estimate of drug-likeness (QED) is 0.690. The number of benzene rings is 2. The summed E-state index contributed by atoms with van der Waals surface area (Å²) in [5, 5.41) is 20.1. The molecule has 0 aliphatic heterocycles. The van der Waals surface area contributed by atoms with E-state index in [-0.39, 0.29) is 17.2 Å². The molecule has 0 heterocycles. The highest BCUT2D eigenvalue weighted by Gasteiger charge is 2.11. The molecule has 92 valence electrons. The maximum atomic E-state index is 10.6. The van der Waals surface area contributed by atoms with E-state index in [4.69, 9.17) is 4.74 Å². The number of rotatable bonds is 3. The second-order valence-electron chi connectivity index (χ2n) is 3.44. The molecule has 0 saturated carbocycles. The molecule has 2 aromatic carbocycles. The van der Waals surface area contributed by atoms with E-state index in [2.05, 4.69) is 15.9 Å². The highest BCUT2D eigenvalue weighted by Crippen LogP contribution is 2.35. The molecule has 2 rings (SSSR count). The Kier molecular flexibility index (Phi) is 3.47. The number of hydrogen-bond donors (Lipinski definition) is 1. The first-order valence-electron chi connectivity index (χ1n) is 4.97. The lowest BCUT2D eigenvalue weighted by Crippen LogP contribution is -1.90. The summed E-state index contributed by atoms with van der Waals surface area (Å²) in [6, 6.07) is 10.6. The minimum Gasteiger partial charge on any atom is -0.504 e. The molecular formula is C12H8BrNO4. The van der Waals surface area contributed by atoms with Crippen molar-refractivity contribution in [2.24, 2.45) is 0 Å². The van der Waals surface area contributed by atoms with Gasteiger partial charge in [-0.15, -0.1) is 0 Å². The predicted octanol–water partition coefficient (Wildman–Crippen LogP) is 3.86. The lowest BCUT2D eigenvalue weighted by atomic mass is 10.3. The first-order valence-corrected chi connectivity index (χ1v) is 5.77. The zero-order chi connectivity index (χ0) is 13.1. The van der Waals surface area contributed by atoms with Gasteiger partial charge in [-0.1, -0.05) is 12.1 Å². The van der Waals surface area contributed by atoms with Gasteiger partial charge < -0.3 is 9.84 Å². The predicted molar refractivity (Wildman–Crippen MR) is 69.0 cm³/mol. The van der Waals surface area contributed by atoms with E-state index in [1.807, 2.05) is 0 Å². The molecular weight excluding hydrogens is 302 g/mol. The van der Waals surface area contributed by atoms with Crippen LogP contribution < -0.4 is 4.74 Å². The van der Waals surface area contributed by atoms with Gasteiger partial charge in [0.1, 0.15) is 5.75 Å². The highest BCUT2D eigenvalue weighted by atomic mass is 79.9. The molecule has 0 aromatic heterocycles. The van der Waals surface area contributed by atoms with Gasteiger partial charge in [-0.3, -0.25) is 10.1 Å². The van der Waals surface area contributed by atoms with Crippen LogP contribution in [0.25, 0.3) is 0 Å². The largest absolute Gasteiger partial charge is 0.504 e. The fourth-order valence-corrected chi connectivity index (χ4v) is 1.80. The van der Waals surface area contributed by atoms with Crippen LogP contribution in [0.1, 0.15) is 0 Å². The first-order chi connectivity index (χ1) is 8.58. The van der Waals surface area contributed by atoms with Crippen molar-refractivity contribution in [1.29, 1.82) is 0 Å². The normalized spacial score (nSPS) is 10.1. The number of nitro groups is 1. The third-order valence-electron chi connectivity index (χ3n) is 2.21. The van der Waals surface area contributed by atoms with Crippen molar-refractivity contribution in [2.75, 3.05) is 0 Å². The average molecular weight is 310 g/mol. The number of nitrogens with zero attached hydrogens (tertiary/aromatic N) is 1. The number of nitro benzene ring substituents is 1. The summed E-state index contributed by atoms with van der Waals surface area (Å²) >= 11 is 3.19. The van der Waals surface area contributed by atoms with Gasteiger partial charge in [0.25, 0.3) is 5.69 Å². The number of phenolic OH excluding ortho intramolecular Hbond substituents is 1. The molecule has 2 aromatic rings. The molecule has 0 amide bonds. The zero-order valence-electron chi connectivity index (χ0n) is 9.04. The third kappa shape index (κ3) is 2.60. The fraction of sp³-hybridized carbons (Fsp3) is 0. The molecule has 6 heteroatoms. The van der Waals surface area contributed by atoms with Gasteiger partial charge in [0, 0.05) is 12.1 Å². The Balaban J connectivity index is 2.30. The van der Waals surface area contributed by atoms with E-state index >= 15 is 0 Å². The molecule has 0 unspecified atom stereocenters. The lowest BCUT2D eigenvalue weighted by Gasteiger charge is -2.08. The lowest BCUT2D eigenvalue weighted by molar-refractivity contribution is -0.384. The van der Waals surface area contributed by atoms with E-state index in [0.717, 1.165) is 0 Å². The van der Waals surface area contributed by atoms with E-state index in [1.54, 1.807) is 18.2 Å². The first kappa shape index (κ1) is 12.4. The molecule has 0 saturated heterocycles. The molecule has 1 N–H and O–H groups in total. The maximum absolute atomic E-state index is 10.6. The highest BCUT2D eigenvalue weighted by molar-refractivity contribution is 9.10. The van der Waals surface area contributed by atoms with E-state index in [9.17, 15) is 15.2 Å². The van der Waals surface area contributed by atoms with Crippen LogP contribution >= 0.6 is 15.9 Å². The van der Waals surface area contributed by atoms with Crippen molar-refractivity contribution >= 4 is 21.6 Å². The molecule has 0 atom stereocenters. The molecule has 0 spiro atoms. The molecule has 0 aliphatic carbocycles. The van der Waals surface area contributed by atoms with Crippen LogP contribution in [0.2, 0.25) is 0 Å². The van der Waals surface area contributed by atoms with Gasteiger partial charge in [0.15, 0.2) is 11.5 Å². The smallest absolute Gasteiger partial charge is 0.270 e. The number of ether oxygens (including phenoxy) is 1. The molecule has 0 bridgehead atoms. The number of non-ortho nitro benzene ring substituents is 1. The van der Waals surface area contributed by atoms with E-state index in [0.29, 0.717) is 10.2 Å². The summed E-state index contributed by atoms with van der Waals surface area (Å²) < 4.78 is 5.90. The van der Waals surface area contributed by atoms with Crippen molar-refractivity contribution in [3.63, 3.8) is 0 Å². The maximum Gasteiger partial charge on any atom is 0.270 e. The van der Waals surface area contributed by atoms with Crippen molar-refractivity contribution in [1.82, 2.24) is 0 Å². The fourth-order valence-electron chi connectivity index (χ4n) is 1.35. The van der Waals surface area contributed by atoms with Crippen LogP contribution in [-0.4, -0.2) is 10.0 Å². The van der Waals surface area contributed by atoms with Gasteiger partial charge in [0.05, 0.1) is 9.40 Å². The Bertz CT molecular complexity index is 600. The van der Waals surface area contributed by atoms with E-state index < -0.39 is 4.92 Å². The van der Waals surface area contributed by atoms with Crippen molar-refractivity contribution in [2.45, 2.75) is 0 Å². The molecule has 5 nitrogen and oxygen atoms in total. The van der Waals surface area contributed by atoms with Crippen LogP contribution in [0.4, 0.5) is 5.69 Å². The van der Waals surface area contributed by atoms with Gasteiger partial charge in [-0.2, -0.15) is 0 Å². The molecule has 0 aliphatic rings. The monoisotopic (exact) mass is 309 g/mol. The summed E-state index contributed by atoms with van der Waals surface area (Å²) in [7, 11) is 0. The van der Waals surface area contributed by atoms with Crippen molar-refractivity contribution < 1.29 is 14.8 Å². The van der Waals surface area contributed by atoms with Gasteiger partial charge in [-0.25, -0.2) is 0 Å². The Labute approximate surface area is 111 Å². The van der Waals surface area contributed by atoms with Crippen molar-refractivity contribution in [3.05, 3.63) is 57.1 Å². The Hall–Kier alpha value is -2.08. The molecule has 0 fully saturated rings. The third-order valence-corrected chi connectivity index (χ3v) is 2.83. The van der Waals surface area contributed by atoms with Crippen LogP contribution in [0.15, 0.2) is 46.9 Å². The van der Waals surface area contributed by atoms with Gasteiger partial charge >= 0.3 is 0 Å². The summed E-state index contributed by atoms with van der Waals surface area (Å²) in [5.41, 5.74) is -0.0356. The molecule has 0 radical (unpaired) electrons. The summed E-state index contributed by atoms with van der Waals surface area (Å²) in [4.78, 5) is 10.1. The SMILES string of the molecule is O=[N+]([O-])c1ccc(Oc2ccccc2O)c(Br)c1. The summed E-state index contributed by atoms with van der Waals surface area (Å²) in [6.07, 6.45) is 0. The van der Waals surface area contributed by atoms with E-state index in [1.165, 1.54) is 24.3 Å². The topological polar surface area (TPSA) is 72.6 Å². The second kappa shape index (κ2) is 5.05. The number of hydrogen-bond acceptors (Lipinski definition) is 4. The zero-order valence-corrected chi connectivity index (χ0v) is 10.6. The minimum atomic E-state index is -0.492. The molecule has 18 heavy (non-hydrogen) atoms. The minimum absolute atomic E-state index is 0.00255. The van der Waals surface area contributed by atoms with Crippen LogP contribution in [0.5, 0.6) is 17.2 Å². The number of halogens is 1. The average Bonchev–Trinajstić information content (AvgIpc) is 2.34. The summed E-state index contributed by atoms with van der Waals surface area (Å²) in [5.74, 6) is 0.678. The Morgan fingerprint density at radius 2 is 1.89 bits per heavy atom. The number of phenols is 1. The standard InChI is InChI=1S/C12H8BrNO4/c13-9-7-8(14(16)17)5-6-11(9)18-12-4-2-1-3-10(12)15/h1-7,15H. The Morgan fingerprint density at radius 3 is 2.50 bits per heavy atom. The second-order valence-corrected chi connectivity index (χ2v) is 4.30. The van der Waals surface area contributed by atoms with Crippen LogP contribution in [0.3, 0.4) is 0 Å².